The van der Waals surface area contributed by atoms with E-state index in [1.165, 1.54) is 44.1 Å². The monoisotopic (exact) mass is 265 g/mol. The summed E-state index contributed by atoms with van der Waals surface area (Å²) in [6.07, 6.45) is 8.84. The second kappa shape index (κ2) is 9.96. The molecule has 0 spiro atoms. The summed E-state index contributed by atoms with van der Waals surface area (Å²) in [7, 11) is 0. The van der Waals surface area contributed by atoms with Gasteiger partial charge in [0, 0.05) is 6.04 Å². The van der Waals surface area contributed by atoms with Gasteiger partial charge in [-0.15, -0.1) is 0 Å². The SMILES string of the molecule is CCCCCCCC(Cc1ccc(F)cc1)NCC. The topological polar surface area (TPSA) is 12.0 Å². The predicted molar refractivity (Wildman–Crippen MR) is 80.9 cm³/mol. The minimum absolute atomic E-state index is 0.150. The van der Waals surface area contributed by atoms with Crippen molar-refractivity contribution in [3.05, 3.63) is 35.6 Å². The average Bonchev–Trinajstić information content (AvgIpc) is 2.41. The maximum absolute atomic E-state index is 12.9. The Labute approximate surface area is 117 Å². The van der Waals surface area contributed by atoms with Crippen LogP contribution in [0.2, 0.25) is 0 Å². The van der Waals surface area contributed by atoms with Gasteiger partial charge in [0.05, 0.1) is 0 Å². The Morgan fingerprint density at radius 1 is 1.00 bits per heavy atom. The van der Waals surface area contributed by atoms with Crippen LogP contribution in [0.1, 0.15) is 57.9 Å². The highest BCUT2D eigenvalue weighted by Crippen LogP contribution is 2.12. The maximum atomic E-state index is 12.9. The van der Waals surface area contributed by atoms with Crippen molar-refractivity contribution >= 4 is 0 Å². The second-order valence-electron chi connectivity index (χ2n) is 5.29. The third-order valence-electron chi connectivity index (χ3n) is 3.54. The molecular weight excluding hydrogens is 237 g/mol. The van der Waals surface area contributed by atoms with Gasteiger partial charge < -0.3 is 5.32 Å². The molecule has 1 aromatic rings. The van der Waals surface area contributed by atoms with Gasteiger partial charge in [0.25, 0.3) is 0 Å². The standard InChI is InChI=1S/C17H28FN/c1-3-5-6-7-8-9-17(19-4-2)14-15-10-12-16(18)13-11-15/h10-13,17,19H,3-9,14H2,1-2H3. The lowest BCUT2D eigenvalue weighted by molar-refractivity contribution is 0.461. The molecule has 0 aliphatic carbocycles. The van der Waals surface area contributed by atoms with E-state index in [-0.39, 0.29) is 5.82 Å². The summed E-state index contributed by atoms with van der Waals surface area (Å²) in [6, 6.07) is 7.43. The molecule has 1 N–H and O–H groups in total. The van der Waals surface area contributed by atoms with E-state index in [4.69, 9.17) is 0 Å². The first-order valence-electron chi connectivity index (χ1n) is 7.74. The Kier molecular flexibility index (Phi) is 8.48. The summed E-state index contributed by atoms with van der Waals surface area (Å²) in [5.74, 6) is -0.150. The van der Waals surface area contributed by atoms with Crippen LogP contribution in [-0.2, 0) is 6.42 Å². The van der Waals surface area contributed by atoms with E-state index < -0.39 is 0 Å². The molecule has 0 radical (unpaired) electrons. The highest BCUT2D eigenvalue weighted by Gasteiger charge is 2.08. The molecule has 0 heterocycles. The van der Waals surface area contributed by atoms with Gasteiger partial charge in [-0.3, -0.25) is 0 Å². The fourth-order valence-corrected chi connectivity index (χ4v) is 2.46. The quantitative estimate of drug-likeness (QED) is 0.604. The first kappa shape index (κ1) is 16.2. The van der Waals surface area contributed by atoms with Crippen molar-refractivity contribution in [3.63, 3.8) is 0 Å². The third-order valence-corrected chi connectivity index (χ3v) is 3.54. The average molecular weight is 265 g/mol. The van der Waals surface area contributed by atoms with Gasteiger partial charge in [-0.05, 0) is 37.1 Å². The summed E-state index contributed by atoms with van der Waals surface area (Å²) < 4.78 is 12.9. The van der Waals surface area contributed by atoms with Crippen molar-refractivity contribution in [2.45, 2.75) is 64.8 Å². The minimum atomic E-state index is -0.150. The third kappa shape index (κ3) is 7.31. The van der Waals surface area contributed by atoms with Crippen molar-refractivity contribution in [3.8, 4) is 0 Å². The number of hydrogen-bond donors (Lipinski definition) is 1. The van der Waals surface area contributed by atoms with E-state index >= 15 is 0 Å². The first-order valence-corrected chi connectivity index (χ1v) is 7.74. The van der Waals surface area contributed by atoms with Crippen molar-refractivity contribution in [2.24, 2.45) is 0 Å². The Hall–Kier alpha value is -0.890. The van der Waals surface area contributed by atoms with Gasteiger partial charge in [0.1, 0.15) is 5.82 Å². The number of rotatable bonds is 10. The van der Waals surface area contributed by atoms with Crippen LogP contribution in [0.4, 0.5) is 4.39 Å². The first-order chi connectivity index (χ1) is 9.26. The van der Waals surface area contributed by atoms with Crippen LogP contribution in [0.5, 0.6) is 0 Å². The van der Waals surface area contributed by atoms with E-state index in [1.807, 2.05) is 12.1 Å². The molecule has 1 atom stereocenters. The molecule has 1 rings (SSSR count). The zero-order valence-corrected chi connectivity index (χ0v) is 12.4. The van der Waals surface area contributed by atoms with Crippen molar-refractivity contribution in [1.29, 1.82) is 0 Å². The molecule has 108 valence electrons. The number of nitrogens with one attached hydrogen (secondary N) is 1. The van der Waals surface area contributed by atoms with Crippen LogP contribution in [0.15, 0.2) is 24.3 Å². The molecule has 0 aliphatic heterocycles. The summed E-state index contributed by atoms with van der Waals surface area (Å²) in [6.45, 7) is 5.39. The van der Waals surface area contributed by atoms with Crippen LogP contribution in [0, 0.1) is 5.82 Å². The summed E-state index contributed by atoms with van der Waals surface area (Å²) in [4.78, 5) is 0. The van der Waals surface area contributed by atoms with Crippen LogP contribution < -0.4 is 5.32 Å². The lowest BCUT2D eigenvalue weighted by Gasteiger charge is -2.18. The molecule has 0 aliphatic rings. The molecule has 0 fully saturated rings. The van der Waals surface area contributed by atoms with Gasteiger partial charge in [-0.1, -0.05) is 58.1 Å². The number of benzene rings is 1. The van der Waals surface area contributed by atoms with Gasteiger partial charge in [-0.2, -0.15) is 0 Å². The molecule has 19 heavy (non-hydrogen) atoms. The van der Waals surface area contributed by atoms with E-state index in [0.717, 1.165) is 13.0 Å². The van der Waals surface area contributed by atoms with E-state index in [9.17, 15) is 4.39 Å². The van der Waals surface area contributed by atoms with Gasteiger partial charge in [0.2, 0.25) is 0 Å². The van der Waals surface area contributed by atoms with E-state index in [0.29, 0.717) is 6.04 Å². The summed E-state index contributed by atoms with van der Waals surface area (Å²) in [5, 5.41) is 3.54. The highest BCUT2D eigenvalue weighted by atomic mass is 19.1. The molecule has 0 amide bonds. The van der Waals surface area contributed by atoms with Crippen molar-refractivity contribution in [2.75, 3.05) is 6.54 Å². The summed E-state index contributed by atoms with van der Waals surface area (Å²) >= 11 is 0. The van der Waals surface area contributed by atoms with Crippen LogP contribution in [0.3, 0.4) is 0 Å². The van der Waals surface area contributed by atoms with Crippen molar-refractivity contribution < 1.29 is 4.39 Å². The van der Waals surface area contributed by atoms with E-state index in [1.54, 1.807) is 12.1 Å². The Morgan fingerprint density at radius 2 is 1.68 bits per heavy atom. The minimum Gasteiger partial charge on any atom is -0.314 e. The Balaban J connectivity index is 2.33. The number of unbranched alkanes of at least 4 members (excludes halogenated alkanes) is 4. The molecule has 0 bridgehead atoms. The number of hydrogen-bond acceptors (Lipinski definition) is 1. The summed E-state index contributed by atoms with van der Waals surface area (Å²) in [5.41, 5.74) is 1.22. The van der Waals surface area contributed by atoms with Gasteiger partial charge in [0.15, 0.2) is 0 Å². The van der Waals surface area contributed by atoms with Gasteiger partial charge >= 0.3 is 0 Å². The van der Waals surface area contributed by atoms with Crippen LogP contribution >= 0.6 is 0 Å². The molecule has 0 saturated carbocycles. The van der Waals surface area contributed by atoms with Crippen LogP contribution in [0.25, 0.3) is 0 Å². The lowest BCUT2D eigenvalue weighted by Crippen LogP contribution is -2.30. The zero-order valence-electron chi connectivity index (χ0n) is 12.4. The smallest absolute Gasteiger partial charge is 0.123 e. The highest BCUT2D eigenvalue weighted by molar-refractivity contribution is 5.17. The molecule has 2 heteroatoms. The lowest BCUT2D eigenvalue weighted by atomic mass is 9.99. The molecule has 0 aromatic heterocycles. The number of likely N-dealkylation sites (N-methyl/N-ethyl adjacent to an activating group) is 1. The second-order valence-corrected chi connectivity index (χ2v) is 5.29. The zero-order chi connectivity index (χ0) is 13.9. The molecule has 1 unspecified atom stereocenters. The Bertz CT molecular complexity index is 321. The largest absolute Gasteiger partial charge is 0.314 e. The fraction of sp³-hybridized carbons (Fsp3) is 0.647. The normalized spacial score (nSPS) is 12.6. The molecular formula is C17H28FN. The van der Waals surface area contributed by atoms with Crippen LogP contribution in [-0.4, -0.2) is 12.6 Å². The van der Waals surface area contributed by atoms with Crippen molar-refractivity contribution in [1.82, 2.24) is 5.32 Å². The Morgan fingerprint density at radius 3 is 2.32 bits per heavy atom. The predicted octanol–water partition coefficient (Wildman–Crippen LogP) is 4.71. The molecule has 1 aromatic carbocycles. The van der Waals surface area contributed by atoms with E-state index in [2.05, 4.69) is 19.2 Å². The fourth-order valence-electron chi connectivity index (χ4n) is 2.46. The van der Waals surface area contributed by atoms with Gasteiger partial charge in [-0.25, -0.2) is 4.39 Å². The molecule has 1 nitrogen and oxygen atoms in total. The number of halogens is 1. The molecule has 0 saturated heterocycles. The maximum Gasteiger partial charge on any atom is 0.123 e.